The van der Waals surface area contributed by atoms with Crippen LogP contribution >= 0.6 is 0 Å². The lowest BCUT2D eigenvalue weighted by atomic mass is 9.99. The summed E-state index contributed by atoms with van der Waals surface area (Å²) < 4.78 is 18.0. The highest BCUT2D eigenvalue weighted by Gasteiger charge is 2.12. The summed E-state index contributed by atoms with van der Waals surface area (Å²) in [6.45, 7) is 1.85. The number of hydrogen-bond acceptors (Lipinski definition) is 2. The number of benzene rings is 1. The Kier molecular flexibility index (Phi) is 3.06. The van der Waals surface area contributed by atoms with Crippen molar-refractivity contribution in [1.82, 2.24) is 0 Å². The van der Waals surface area contributed by atoms with Crippen LogP contribution in [0.25, 0.3) is 0 Å². The molecule has 0 saturated heterocycles. The van der Waals surface area contributed by atoms with E-state index in [0.29, 0.717) is 12.0 Å². The van der Waals surface area contributed by atoms with Crippen LogP contribution in [0.15, 0.2) is 41.2 Å². The van der Waals surface area contributed by atoms with Gasteiger partial charge in [-0.1, -0.05) is 6.07 Å². The maximum atomic E-state index is 13.1. The van der Waals surface area contributed by atoms with Gasteiger partial charge in [-0.2, -0.15) is 0 Å². The number of furan rings is 1. The molecule has 0 aliphatic rings. The Hall–Kier alpha value is -1.61. The fourth-order valence-electron chi connectivity index (χ4n) is 1.71. The molecule has 0 amide bonds. The fraction of sp³-hybridized carbons (Fsp3) is 0.231. The second-order valence-electron chi connectivity index (χ2n) is 3.85. The molecule has 3 heteroatoms. The minimum absolute atomic E-state index is 0.327. The van der Waals surface area contributed by atoms with E-state index < -0.39 is 6.10 Å². The van der Waals surface area contributed by atoms with Crippen molar-refractivity contribution in [3.05, 3.63) is 59.3 Å². The van der Waals surface area contributed by atoms with E-state index in [0.717, 1.165) is 11.1 Å². The van der Waals surface area contributed by atoms with Gasteiger partial charge in [-0.05, 0) is 41.8 Å². The standard InChI is InChI=1S/C13H13FO2/c1-9-2-3-11(14)7-12(9)13(15)6-10-4-5-16-8-10/h2-5,7-8,13,15H,6H2,1H3. The van der Waals surface area contributed by atoms with Crippen LogP contribution in [0, 0.1) is 12.7 Å². The molecule has 2 nitrogen and oxygen atoms in total. The molecular formula is C13H13FO2. The molecule has 0 aliphatic heterocycles. The van der Waals surface area contributed by atoms with Gasteiger partial charge >= 0.3 is 0 Å². The molecule has 0 aliphatic carbocycles. The molecule has 1 N–H and O–H groups in total. The van der Waals surface area contributed by atoms with Crippen LogP contribution in [-0.4, -0.2) is 5.11 Å². The van der Waals surface area contributed by atoms with Crippen LogP contribution in [0.2, 0.25) is 0 Å². The monoisotopic (exact) mass is 220 g/mol. The van der Waals surface area contributed by atoms with E-state index in [1.807, 2.05) is 6.92 Å². The van der Waals surface area contributed by atoms with Gasteiger partial charge in [0.15, 0.2) is 0 Å². The normalized spacial score (nSPS) is 12.7. The molecule has 1 unspecified atom stereocenters. The van der Waals surface area contributed by atoms with Crippen molar-refractivity contribution in [2.45, 2.75) is 19.4 Å². The molecule has 0 radical (unpaired) electrons. The number of hydrogen-bond donors (Lipinski definition) is 1. The van der Waals surface area contributed by atoms with Crippen molar-refractivity contribution >= 4 is 0 Å². The first-order valence-electron chi connectivity index (χ1n) is 5.12. The maximum Gasteiger partial charge on any atom is 0.123 e. The lowest BCUT2D eigenvalue weighted by molar-refractivity contribution is 0.177. The summed E-state index contributed by atoms with van der Waals surface area (Å²) in [7, 11) is 0. The summed E-state index contributed by atoms with van der Waals surface area (Å²) in [6, 6.07) is 6.23. The summed E-state index contributed by atoms with van der Waals surface area (Å²) in [5.74, 6) is -0.327. The van der Waals surface area contributed by atoms with Gasteiger partial charge in [-0.25, -0.2) is 4.39 Å². The number of aliphatic hydroxyl groups is 1. The van der Waals surface area contributed by atoms with Gasteiger partial charge < -0.3 is 9.52 Å². The molecule has 16 heavy (non-hydrogen) atoms. The summed E-state index contributed by atoms with van der Waals surface area (Å²) >= 11 is 0. The van der Waals surface area contributed by atoms with E-state index in [4.69, 9.17) is 4.42 Å². The second-order valence-corrected chi connectivity index (χ2v) is 3.85. The lowest BCUT2D eigenvalue weighted by Crippen LogP contribution is -2.03. The van der Waals surface area contributed by atoms with E-state index in [9.17, 15) is 9.50 Å². The topological polar surface area (TPSA) is 33.4 Å². The molecule has 1 aromatic carbocycles. The quantitative estimate of drug-likeness (QED) is 0.862. The van der Waals surface area contributed by atoms with E-state index in [1.165, 1.54) is 12.1 Å². The second kappa shape index (κ2) is 4.49. The predicted octanol–water partition coefficient (Wildman–Crippen LogP) is 3.00. The van der Waals surface area contributed by atoms with Gasteiger partial charge in [0.25, 0.3) is 0 Å². The van der Waals surface area contributed by atoms with Crippen molar-refractivity contribution in [1.29, 1.82) is 0 Å². The van der Waals surface area contributed by atoms with Crippen LogP contribution in [-0.2, 0) is 6.42 Å². The van der Waals surface area contributed by atoms with Gasteiger partial charge in [-0.15, -0.1) is 0 Å². The first-order chi connectivity index (χ1) is 7.66. The third-order valence-electron chi connectivity index (χ3n) is 2.61. The van der Waals surface area contributed by atoms with E-state index >= 15 is 0 Å². The van der Waals surface area contributed by atoms with E-state index in [2.05, 4.69) is 0 Å². The first kappa shape index (κ1) is 10.9. The summed E-state index contributed by atoms with van der Waals surface area (Å²) in [5, 5.41) is 9.99. The average molecular weight is 220 g/mol. The Morgan fingerprint density at radius 1 is 1.38 bits per heavy atom. The Balaban J connectivity index is 2.20. The van der Waals surface area contributed by atoms with Gasteiger partial charge in [0.05, 0.1) is 18.6 Å². The molecule has 1 atom stereocenters. The van der Waals surface area contributed by atoms with Crippen molar-refractivity contribution in [3.8, 4) is 0 Å². The molecule has 0 saturated carbocycles. The molecule has 0 bridgehead atoms. The zero-order valence-corrected chi connectivity index (χ0v) is 8.98. The highest BCUT2D eigenvalue weighted by Crippen LogP contribution is 2.22. The van der Waals surface area contributed by atoms with Crippen molar-refractivity contribution in [2.75, 3.05) is 0 Å². The van der Waals surface area contributed by atoms with Gasteiger partial charge in [0, 0.05) is 6.42 Å². The number of aryl methyl sites for hydroxylation is 1. The number of rotatable bonds is 3. The molecule has 2 aromatic rings. The Bertz CT molecular complexity index is 463. The molecule has 84 valence electrons. The molecule has 1 aromatic heterocycles. The highest BCUT2D eigenvalue weighted by atomic mass is 19.1. The van der Waals surface area contributed by atoms with E-state index in [-0.39, 0.29) is 5.82 Å². The van der Waals surface area contributed by atoms with Gasteiger partial charge in [-0.3, -0.25) is 0 Å². The molecule has 0 fully saturated rings. The summed E-state index contributed by atoms with van der Waals surface area (Å²) in [4.78, 5) is 0. The largest absolute Gasteiger partial charge is 0.472 e. The highest BCUT2D eigenvalue weighted by molar-refractivity contribution is 5.29. The average Bonchev–Trinajstić information content (AvgIpc) is 2.74. The lowest BCUT2D eigenvalue weighted by Gasteiger charge is -2.12. The smallest absolute Gasteiger partial charge is 0.123 e. The zero-order chi connectivity index (χ0) is 11.5. The third kappa shape index (κ3) is 2.31. The molecular weight excluding hydrogens is 207 g/mol. The summed E-state index contributed by atoms with van der Waals surface area (Å²) in [6.07, 6.45) is 2.87. The fourth-order valence-corrected chi connectivity index (χ4v) is 1.71. The Morgan fingerprint density at radius 2 is 2.19 bits per heavy atom. The summed E-state index contributed by atoms with van der Waals surface area (Å²) in [5.41, 5.74) is 2.41. The Morgan fingerprint density at radius 3 is 2.88 bits per heavy atom. The van der Waals surface area contributed by atoms with Crippen LogP contribution < -0.4 is 0 Å². The van der Waals surface area contributed by atoms with Crippen LogP contribution in [0.4, 0.5) is 4.39 Å². The van der Waals surface area contributed by atoms with Crippen LogP contribution in [0.3, 0.4) is 0 Å². The maximum absolute atomic E-state index is 13.1. The minimum atomic E-state index is -0.701. The molecule has 1 heterocycles. The predicted molar refractivity (Wildman–Crippen MR) is 58.5 cm³/mol. The van der Waals surface area contributed by atoms with Crippen molar-refractivity contribution in [3.63, 3.8) is 0 Å². The Labute approximate surface area is 93.3 Å². The molecule has 0 spiro atoms. The first-order valence-corrected chi connectivity index (χ1v) is 5.12. The third-order valence-corrected chi connectivity index (χ3v) is 2.61. The SMILES string of the molecule is Cc1ccc(F)cc1C(O)Cc1ccoc1. The van der Waals surface area contributed by atoms with Crippen LogP contribution in [0.5, 0.6) is 0 Å². The van der Waals surface area contributed by atoms with Crippen molar-refractivity contribution < 1.29 is 13.9 Å². The van der Waals surface area contributed by atoms with Crippen molar-refractivity contribution in [2.24, 2.45) is 0 Å². The minimum Gasteiger partial charge on any atom is -0.472 e. The van der Waals surface area contributed by atoms with E-state index in [1.54, 1.807) is 24.7 Å². The van der Waals surface area contributed by atoms with Crippen LogP contribution in [0.1, 0.15) is 22.8 Å². The van der Waals surface area contributed by atoms with Gasteiger partial charge in [0.2, 0.25) is 0 Å². The van der Waals surface area contributed by atoms with Gasteiger partial charge in [0.1, 0.15) is 5.82 Å². The number of aliphatic hydroxyl groups excluding tert-OH is 1. The zero-order valence-electron chi connectivity index (χ0n) is 8.98. The number of halogens is 1. The molecule has 2 rings (SSSR count).